The Morgan fingerprint density at radius 2 is 1.42 bits per heavy atom. The first kappa shape index (κ1) is 41.6. The second-order valence-electron chi connectivity index (χ2n) is 13.4. The zero-order valence-corrected chi connectivity index (χ0v) is 29.7. The van der Waals surface area contributed by atoms with Gasteiger partial charge in [0.15, 0.2) is 5.78 Å². The van der Waals surface area contributed by atoms with Gasteiger partial charge in [0.2, 0.25) is 0 Å². The van der Waals surface area contributed by atoms with Gasteiger partial charge in [0.05, 0.1) is 31.0 Å². The summed E-state index contributed by atoms with van der Waals surface area (Å²) in [6.07, 6.45) is 0.704. The number of carboxylic acid groups (broad SMARTS) is 2. The molecule has 2 aromatic carbocycles. The van der Waals surface area contributed by atoms with Crippen LogP contribution in [0.5, 0.6) is 5.75 Å². The molecule has 0 aromatic heterocycles. The van der Waals surface area contributed by atoms with Crippen LogP contribution in [0.1, 0.15) is 82.6 Å². The molecule has 50 heavy (non-hydrogen) atoms. The Bertz CT molecular complexity index is 1440. The third-order valence-corrected chi connectivity index (χ3v) is 8.54. The van der Waals surface area contributed by atoms with Crippen molar-refractivity contribution in [3.05, 3.63) is 78.1 Å². The summed E-state index contributed by atoms with van der Waals surface area (Å²) in [6.45, 7) is 11.4. The molecular weight excluding hydrogens is 646 g/mol. The van der Waals surface area contributed by atoms with E-state index < -0.39 is 66.4 Å². The third-order valence-electron chi connectivity index (χ3n) is 8.54. The van der Waals surface area contributed by atoms with Gasteiger partial charge in [-0.05, 0) is 56.9 Å². The molecule has 274 valence electrons. The van der Waals surface area contributed by atoms with E-state index in [0.29, 0.717) is 29.1 Å². The number of unbranched alkanes of at least 4 members (excludes halogenated alkanes) is 1. The minimum atomic E-state index is -1.35. The summed E-state index contributed by atoms with van der Waals surface area (Å²) in [4.78, 5) is 62.9. The highest BCUT2D eigenvalue weighted by Crippen LogP contribution is 2.41. The highest BCUT2D eigenvalue weighted by Gasteiger charge is 2.42. The number of rotatable bonds is 23. The fraction of sp³-hybridized carbons (Fsp3) is 0.500. The van der Waals surface area contributed by atoms with Crippen molar-refractivity contribution in [2.45, 2.75) is 72.8 Å². The average Bonchev–Trinajstić information content (AvgIpc) is 3.06. The van der Waals surface area contributed by atoms with Crippen LogP contribution in [0.2, 0.25) is 0 Å². The molecule has 0 amide bonds. The summed E-state index contributed by atoms with van der Waals surface area (Å²) in [5.41, 5.74) is -0.880. The number of aliphatic carboxylic acids is 2. The number of carbonyl (C=O) groups excluding carboxylic acids is 3. The summed E-state index contributed by atoms with van der Waals surface area (Å²) in [7, 11) is 0. The van der Waals surface area contributed by atoms with E-state index in [1.807, 2.05) is 26.8 Å². The summed E-state index contributed by atoms with van der Waals surface area (Å²) >= 11 is 0. The number of ether oxygens (including phenoxy) is 3. The van der Waals surface area contributed by atoms with Crippen LogP contribution in [-0.2, 0) is 28.7 Å². The summed E-state index contributed by atoms with van der Waals surface area (Å²) in [6, 6.07) is 15.6. The standard InChI is InChI=1S/C38H51NO11/c1-7-9-19-48-35(46)29(21-38(6,8-2)36(47)49-25-30(40)22-39(23-32(41)42)24-33(43)44)20-37(4,5)26(3)50-31-17-15-28(16-18-31)34(45)27-13-11-10-12-14-27/h10-18,29-30,40H,3,7-9,19-25H2,1-2,4-6H3,(H,41,42)(H,43,44). The van der Waals surface area contributed by atoms with Gasteiger partial charge in [0, 0.05) is 23.1 Å². The Morgan fingerprint density at radius 1 is 0.840 bits per heavy atom. The van der Waals surface area contributed by atoms with Gasteiger partial charge in [-0.2, -0.15) is 0 Å². The van der Waals surface area contributed by atoms with Gasteiger partial charge in [-0.3, -0.25) is 28.9 Å². The first-order valence-electron chi connectivity index (χ1n) is 16.8. The third kappa shape index (κ3) is 13.4. The van der Waals surface area contributed by atoms with E-state index in [1.165, 1.54) is 0 Å². The second-order valence-corrected chi connectivity index (χ2v) is 13.4. The molecule has 12 heteroatoms. The van der Waals surface area contributed by atoms with Crippen LogP contribution < -0.4 is 4.74 Å². The maximum Gasteiger partial charge on any atom is 0.317 e. The number of esters is 2. The zero-order chi connectivity index (χ0) is 37.5. The number of hydrogen-bond acceptors (Lipinski definition) is 10. The number of carboxylic acids is 2. The molecule has 0 aliphatic rings. The van der Waals surface area contributed by atoms with E-state index in [4.69, 9.17) is 24.4 Å². The summed E-state index contributed by atoms with van der Waals surface area (Å²) in [5.74, 6) is -3.75. The number of aliphatic hydroxyl groups is 1. The molecule has 3 unspecified atom stereocenters. The molecule has 2 rings (SSSR count). The smallest absolute Gasteiger partial charge is 0.317 e. The van der Waals surface area contributed by atoms with Crippen LogP contribution in [0.15, 0.2) is 66.9 Å². The van der Waals surface area contributed by atoms with E-state index >= 15 is 0 Å². The number of allylic oxidation sites excluding steroid dienone is 1. The van der Waals surface area contributed by atoms with Crippen molar-refractivity contribution < 1.29 is 53.5 Å². The lowest BCUT2D eigenvalue weighted by Crippen LogP contribution is -2.42. The van der Waals surface area contributed by atoms with E-state index in [9.17, 15) is 29.1 Å². The molecule has 0 aliphatic heterocycles. The molecule has 0 heterocycles. The topological polar surface area (TPSA) is 177 Å². The summed E-state index contributed by atoms with van der Waals surface area (Å²) < 4.78 is 17.1. The molecule has 0 fully saturated rings. The van der Waals surface area contributed by atoms with Gasteiger partial charge in [-0.15, -0.1) is 0 Å². The van der Waals surface area contributed by atoms with Crippen LogP contribution in [0, 0.1) is 16.7 Å². The molecule has 0 bridgehead atoms. The van der Waals surface area contributed by atoms with Crippen molar-refractivity contribution in [3.63, 3.8) is 0 Å². The van der Waals surface area contributed by atoms with Crippen molar-refractivity contribution in [2.24, 2.45) is 16.7 Å². The van der Waals surface area contributed by atoms with Crippen molar-refractivity contribution in [1.29, 1.82) is 0 Å². The Labute approximate surface area is 294 Å². The Kier molecular flexibility index (Phi) is 16.3. The highest BCUT2D eigenvalue weighted by atomic mass is 16.5. The zero-order valence-electron chi connectivity index (χ0n) is 29.7. The Balaban J connectivity index is 2.16. The fourth-order valence-corrected chi connectivity index (χ4v) is 5.29. The summed E-state index contributed by atoms with van der Waals surface area (Å²) in [5, 5.41) is 28.5. The van der Waals surface area contributed by atoms with E-state index in [2.05, 4.69) is 6.58 Å². The van der Waals surface area contributed by atoms with Crippen LogP contribution >= 0.6 is 0 Å². The van der Waals surface area contributed by atoms with Gasteiger partial charge in [0.1, 0.15) is 24.2 Å². The number of ketones is 1. The van der Waals surface area contributed by atoms with Crippen molar-refractivity contribution in [2.75, 3.05) is 32.8 Å². The monoisotopic (exact) mass is 697 g/mol. The largest absolute Gasteiger partial charge is 0.480 e. The number of hydrogen-bond donors (Lipinski definition) is 3. The van der Waals surface area contributed by atoms with Crippen LogP contribution in [0.4, 0.5) is 0 Å². The van der Waals surface area contributed by atoms with Gasteiger partial charge in [0.25, 0.3) is 0 Å². The number of carbonyl (C=O) groups is 5. The van der Waals surface area contributed by atoms with Crippen LogP contribution in [0.3, 0.4) is 0 Å². The number of aliphatic hydroxyl groups excluding tert-OH is 1. The number of benzene rings is 2. The predicted molar refractivity (Wildman–Crippen MR) is 186 cm³/mol. The normalized spacial score (nSPS) is 13.8. The fourth-order valence-electron chi connectivity index (χ4n) is 5.29. The first-order chi connectivity index (χ1) is 23.5. The molecule has 0 spiro atoms. The lowest BCUT2D eigenvalue weighted by molar-refractivity contribution is -0.163. The maximum atomic E-state index is 13.5. The molecule has 0 aliphatic carbocycles. The molecule has 2 aromatic rings. The van der Waals surface area contributed by atoms with Crippen molar-refractivity contribution >= 4 is 29.7 Å². The van der Waals surface area contributed by atoms with Crippen LogP contribution in [-0.4, -0.2) is 88.8 Å². The second kappa shape index (κ2) is 19.6. The molecule has 3 atom stereocenters. The lowest BCUT2D eigenvalue weighted by atomic mass is 9.72. The van der Waals surface area contributed by atoms with Crippen molar-refractivity contribution in [1.82, 2.24) is 4.90 Å². The molecule has 3 N–H and O–H groups in total. The van der Waals surface area contributed by atoms with Gasteiger partial charge in [-0.25, -0.2) is 0 Å². The Morgan fingerprint density at radius 3 is 1.96 bits per heavy atom. The minimum Gasteiger partial charge on any atom is -0.480 e. The van der Waals surface area contributed by atoms with Gasteiger partial charge < -0.3 is 29.5 Å². The van der Waals surface area contributed by atoms with E-state index in [-0.39, 0.29) is 38.2 Å². The van der Waals surface area contributed by atoms with E-state index in [1.54, 1.807) is 62.4 Å². The SMILES string of the molecule is C=C(Oc1ccc(C(=O)c2ccccc2)cc1)C(C)(C)CC(CC(C)(CC)C(=O)OCC(O)CN(CC(=O)O)CC(=O)O)C(=O)OCCCC. The predicted octanol–water partition coefficient (Wildman–Crippen LogP) is 5.37. The molecule has 12 nitrogen and oxygen atoms in total. The molecule has 0 saturated heterocycles. The molecule has 0 saturated carbocycles. The Hall–Kier alpha value is -4.55. The van der Waals surface area contributed by atoms with Gasteiger partial charge >= 0.3 is 23.9 Å². The highest BCUT2D eigenvalue weighted by molar-refractivity contribution is 6.09. The van der Waals surface area contributed by atoms with Gasteiger partial charge in [-0.1, -0.05) is 71.0 Å². The minimum absolute atomic E-state index is 0.0561. The average molecular weight is 698 g/mol. The number of nitrogens with zero attached hydrogens (tertiary/aromatic N) is 1. The maximum absolute atomic E-state index is 13.5. The lowest BCUT2D eigenvalue weighted by Gasteiger charge is -2.34. The van der Waals surface area contributed by atoms with Crippen LogP contribution in [0.25, 0.3) is 0 Å². The first-order valence-corrected chi connectivity index (χ1v) is 16.8. The molecular formula is C38H51NO11. The van der Waals surface area contributed by atoms with E-state index in [0.717, 1.165) is 11.3 Å². The molecule has 0 radical (unpaired) electrons. The quantitative estimate of drug-likeness (QED) is 0.0587. The van der Waals surface area contributed by atoms with Crippen molar-refractivity contribution in [3.8, 4) is 5.75 Å².